The fourth-order valence-corrected chi connectivity index (χ4v) is 3.95. The molecule has 3 aromatic rings. The maximum Gasteiger partial charge on any atom is 0.406 e. The van der Waals surface area contributed by atoms with E-state index in [0.717, 1.165) is 11.0 Å². The lowest BCUT2D eigenvalue weighted by atomic mass is 10.1. The van der Waals surface area contributed by atoms with Crippen LogP contribution >= 0.6 is 0 Å². The van der Waals surface area contributed by atoms with Crippen molar-refractivity contribution < 1.29 is 13.2 Å². The predicted molar refractivity (Wildman–Crippen MR) is 104 cm³/mol. The molecule has 1 aliphatic rings. The lowest BCUT2D eigenvalue weighted by molar-refractivity contribution is -0.142. The zero-order valence-corrected chi connectivity index (χ0v) is 16.0. The van der Waals surface area contributed by atoms with Crippen LogP contribution in [0.25, 0.3) is 10.9 Å². The zero-order valence-electron chi connectivity index (χ0n) is 16.0. The van der Waals surface area contributed by atoms with Gasteiger partial charge >= 0.3 is 11.9 Å². The third-order valence-electron chi connectivity index (χ3n) is 5.30. The fraction of sp³-hybridized carbons (Fsp3) is 0.400. The van der Waals surface area contributed by atoms with Crippen LogP contribution in [0.4, 0.5) is 13.2 Å². The Kier molecular flexibility index (Phi) is 5.42. The summed E-state index contributed by atoms with van der Waals surface area (Å²) in [6, 6.07) is 7.64. The van der Waals surface area contributed by atoms with Crippen LogP contribution in [-0.2, 0) is 13.1 Å². The average Bonchev–Trinajstić information content (AvgIpc) is 3.17. The predicted octanol–water partition coefficient (Wildman–Crippen LogP) is 2.35. The maximum absolute atomic E-state index is 13.3. The quantitative estimate of drug-likeness (QED) is 0.635. The number of aromatic nitrogens is 4. The van der Waals surface area contributed by atoms with Crippen LogP contribution in [0.3, 0.4) is 0 Å². The molecule has 1 atom stereocenters. The van der Waals surface area contributed by atoms with Crippen molar-refractivity contribution in [2.24, 2.45) is 0 Å². The molecule has 10 heteroatoms. The summed E-state index contributed by atoms with van der Waals surface area (Å²) in [5.41, 5.74) is -0.694. The summed E-state index contributed by atoms with van der Waals surface area (Å²) < 4.78 is 42.0. The van der Waals surface area contributed by atoms with Gasteiger partial charge in [0, 0.05) is 25.5 Å². The lowest BCUT2D eigenvalue weighted by Gasteiger charge is -2.27. The van der Waals surface area contributed by atoms with Crippen LogP contribution in [0.1, 0.15) is 24.7 Å². The third-order valence-corrected chi connectivity index (χ3v) is 5.30. The van der Waals surface area contributed by atoms with Crippen LogP contribution < -0.4 is 11.2 Å². The minimum Gasteiger partial charge on any atom is -0.298 e. The van der Waals surface area contributed by atoms with Crippen molar-refractivity contribution in [2.45, 2.75) is 38.1 Å². The average molecular weight is 419 g/mol. The number of nitrogens with zero attached hydrogens (tertiary/aromatic N) is 5. The van der Waals surface area contributed by atoms with Crippen molar-refractivity contribution in [1.82, 2.24) is 24.0 Å². The van der Waals surface area contributed by atoms with Gasteiger partial charge in [0.2, 0.25) is 0 Å². The second-order valence-corrected chi connectivity index (χ2v) is 7.28. The molecule has 1 aromatic carbocycles. The Bertz CT molecular complexity index is 1170. The summed E-state index contributed by atoms with van der Waals surface area (Å²) in [6.45, 7) is 0.0467. The first-order valence-electron chi connectivity index (χ1n) is 9.65. The van der Waals surface area contributed by atoms with Crippen molar-refractivity contribution >= 4 is 10.9 Å². The summed E-state index contributed by atoms with van der Waals surface area (Å²) in [7, 11) is 0. The summed E-state index contributed by atoms with van der Waals surface area (Å²) in [6.07, 6.45) is -0.165. The first-order valence-corrected chi connectivity index (χ1v) is 9.65. The van der Waals surface area contributed by atoms with Gasteiger partial charge in [0.25, 0.3) is 5.56 Å². The molecule has 4 rings (SSSR count). The first kappa shape index (κ1) is 20.3. The Morgan fingerprint density at radius 3 is 2.67 bits per heavy atom. The van der Waals surface area contributed by atoms with Crippen LogP contribution in [0.2, 0.25) is 0 Å². The number of halogens is 3. The monoisotopic (exact) mass is 419 g/mol. The SMILES string of the molecule is O=c1ncccn1CCN1CCCC1c1nc2ccccc2c(=O)n1CC(F)(F)F. The molecule has 2 aromatic heterocycles. The largest absolute Gasteiger partial charge is 0.406 e. The molecule has 0 aliphatic carbocycles. The molecule has 0 radical (unpaired) electrons. The number of para-hydroxylation sites is 1. The number of rotatable bonds is 5. The Hall–Kier alpha value is -3.01. The summed E-state index contributed by atoms with van der Waals surface area (Å²) in [5.74, 6) is 0.118. The number of benzene rings is 1. The van der Waals surface area contributed by atoms with Crippen LogP contribution in [0.5, 0.6) is 0 Å². The van der Waals surface area contributed by atoms with Gasteiger partial charge in [-0.05, 0) is 37.6 Å². The Labute approximate surface area is 169 Å². The molecule has 1 aliphatic heterocycles. The Morgan fingerprint density at radius 2 is 1.90 bits per heavy atom. The normalized spacial score (nSPS) is 17.6. The third kappa shape index (κ3) is 4.13. The highest BCUT2D eigenvalue weighted by Crippen LogP contribution is 2.32. The number of hydrogen-bond donors (Lipinski definition) is 0. The summed E-state index contributed by atoms with van der Waals surface area (Å²) >= 11 is 0. The standard InChI is InChI=1S/C20H20F3N5O2/c21-20(22,23)13-28-17(25-15-6-2-1-5-14(15)18(28)29)16-7-3-9-26(16)11-12-27-10-4-8-24-19(27)30/h1-2,4-6,8,10,16H,3,7,9,11-13H2. The van der Waals surface area contributed by atoms with Gasteiger partial charge in [0.1, 0.15) is 12.4 Å². The second-order valence-electron chi connectivity index (χ2n) is 7.28. The minimum absolute atomic E-state index is 0.118. The van der Waals surface area contributed by atoms with E-state index in [2.05, 4.69) is 9.97 Å². The van der Waals surface area contributed by atoms with Gasteiger partial charge in [-0.1, -0.05) is 12.1 Å². The summed E-state index contributed by atoms with van der Waals surface area (Å²) in [5, 5.41) is 0.164. The first-order chi connectivity index (χ1) is 14.3. The van der Waals surface area contributed by atoms with Crippen LogP contribution in [0, 0.1) is 0 Å². The van der Waals surface area contributed by atoms with Gasteiger partial charge in [-0.2, -0.15) is 13.2 Å². The molecule has 0 N–H and O–H groups in total. The van der Waals surface area contributed by atoms with Gasteiger partial charge < -0.3 is 0 Å². The van der Waals surface area contributed by atoms with Gasteiger partial charge in [-0.25, -0.2) is 14.8 Å². The van der Waals surface area contributed by atoms with Gasteiger partial charge in [-0.15, -0.1) is 0 Å². The van der Waals surface area contributed by atoms with E-state index in [9.17, 15) is 22.8 Å². The molecule has 1 saturated heterocycles. The molecular formula is C20H20F3N5O2. The van der Waals surface area contributed by atoms with Crippen LogP contribution in [-0.4, -0.2) is 43.3 Å². The Balaban J connectivity index is 1.71. The highest BCUT2D eigenvalue weighted by Gasteiger charge is 2.35. The van der Waals surface area contributed by atoms with Crippen molar-refractivity contribution in [2.75, 3.05) is 13.1 Å². The molecular weight excluding hydrogens is 399 g/mol. The number of likely N-dealkylation sites (tertiary alicyclic amines) is 1. The minimum atomic E-state index is -4.55. The van der Waals surface area contributed by atoms with Gasteiger partial charge in [0.15, 0.2) is 0 Å². The van der Waals surface area contributed by atoms with Crippen molar-refractivity contribution in [3.05, 3.63) is 69.4 Å². The number of hydrogen-bond acceptors (Lipinski definition) is 5. The van der Waals surface area contributed by atoms with E-state index < -0.39 is 24.3 Å². The molecule has 0 bridgehead atoms. The van der Waals surface area contributed by atoms with E-state index in [1.54, 1.807) is 30.5 Å². The highest BCUT2D eigenvalue weighted by molar-refractivity contribution is 5.77. The van der Waals surface area contributed by atoms with Crippen molar-refractivity contribution in [3.8, 4) is 0 Å². The number of fused-ring (bicyclic) bond motifs is 1. The summed E-state index contributed by atoms with van der Waals surface area (Å²) in [4.78, 5) is 34.8. The van der Waals surface area contributed by atoms with Gasteiger partial charge in [-0.3, -0.25) is 18.8 Å². The molecule has 0 saturated carbocycles. The molecule has 30 heavy (non-hydrogen) atoms. The van der Waals surface area contributed by atoms with E-state index in [1.165, 1.54) is 16.8 Å². The maximum atomic E-state index is 13.3. The van der Waals surface area contributed by atoms with Crippen molar-refractivity contribution in [1.29, 1.82) is 0 Å². The van der Waals surface area contributed by atoms with Crippen molar-refractivity contribution in [3.63, 3.8) is 0 Å². The molecule has 0 spiro atoms. The molecule has 1 unspecified atom stereocenters. The molecule has 158 valence electrons. The smallest absolute Gasteiger partial charge is 0.298 e. The van der Waals surface area contributed by atoms with E-state index in [0.29, 0.717) is 31.6 Å². The number of alkyl halides is 3. The second kappa shape index (κ2) is 8.02. The van der Waals surface area contributed by atoms with Crippen LogP contribution in [0.15, 0.2) is 52.3 Å². The zero-order chi connectivity index (χ0) is 21.3. The molecule has 7 nitrogen and oxygen atoms in total. The van der Waals surface area contributed by atoms with E-state index in [-0.39, 0.29) is 16.9 Å². The van der Waals surface area contributed by atoms with Gasteiger partial charge in [0.05, 0.1) is 16.9 Å². The van der Waals surface area contributed by atoms with E-state index in [1.807, 2.05) is 4.90 Å². The topological polar surface area (TPSA) is 73.0 Å². The van der Waals surface area contributed by atoms with E-state index >= 15 is 0 Å². The van der Waals surface area contributed by atoms with E-state index in [4.69, 9.17) is 0 Å². The molecule has 1 fully saturated rings. The lowest BCUT2D eigenvalue weighted by Crippen LogP contribution is -2.37. The fourth-order valence-electron chi connectivity index (χ4n) is 3.95. The molecule has 3 heterocycles. The highest BCUT2D eigenvalue weighted by atomic mass is 19.4. The Morgan fingerprint density at radius 1 is 1.10 bits per heavy atom. The molecule has 0 amide bonds.